The molecule has 0 spiro atoms. The third kappa shape index (κ3) is 6.55. The van der Waals surface area contributed by atoms with Crippen LogP contribution in [0.4, 0.5) is 0 Å². The molecular formula is C32H29ClN2O5. The number of hydrogen-bond acceptors (Lipinski definition) is 5. The third-order valence-electron chi connectivity index (χ3n) is 6.68. The number of benzene rings is 4. The van der Waals surface area contributed by atoms with Gasteiger partial charge in [-0.1, -0.05) is 72.3 Å². The highest BCUT2D eigenvalue weighted by Crippen LogP contribution is 2.32. The molecule has 7 nitrogen and oxygen atoms in total. The highest BCUT2D eigenvalue weighted by Gasteiger charge is 2.31. The van der Waals surface area contributed by atoms with Crippen LogP contribution < -0.4 is 19.5 Å². The first-order chi connectivity index (χ1) is 19.5. The van der Waals surface area contributed by atoms with Crippen LogP contribution in [0.25, 0.3) is 0 Å². The van der Waals surface area contributed by atoms with E-state index in [4.69, 9.17) is 25.8 Å². The van der Waals surface area contributed by atoms with Crippen LogP contribution in [0.1, 0.15) is 28.3 Å². The Kier molecular flexibility index (Phi) is 8.52. The molecule has 4 aromatic carbocycles. The Morgan fingerprint density at radius 3 is 2.27 bits per heavy atom. The maximum absolute atomic E-state index is 13.9. The van der Waals surface area contributed by atoms with E-state index in [1.807, 2.05) is 84.9 Å². The molecular weight excluding hydrogens is 528 g/mol. The van der Waals surface area contributed by atoms with Crippen LogP contribution in [0.3, 0.4) is 0 Å². The summed E-state index contributed by atoms with van der Waals surface area (Å²) in [4.78, 5) is 29.4. The van der Waals surface area contributed by atoms with Gasteiger partial charge in [-0.25, -0.2) is 0 Å². The standard InChI is InChI=1S/C32H29ClN2O5/c1-38-27-14-9-23(10-15-27)20-35(30(36)18-22-7-12-26(33)13-8-22)31(25-5-3-2-4-6-25)32(37)34-19-24-11-16-28-29(17-24)40-21-39-28/h2-17,31H,18-21H2,1H3,(H,34,37)/t31-/m1/s1. The minimum Gasteiger partial charge on any atom is -0.497 e. The predicted octanol–water partition coefficient (Wildman–Crippen LogP) is 5.71. The highest BCUT2D eigenvalue weighted by molar-refractivity contribution is 6.30. The van der Waals surface area contributed by atoms with Crippen molar-refractivity contribution in [2.45, 2.75) is 25.6 Å². The van der Waals surface area contributed by atoms with Crippen LogP contribution in [0, 0.1) is 0 Å². The number of carbonyl (C=O) groups is 2. The van der Waals surface area contributed by atoms with Crippen molar-refractivity contribution in [2.24, 2.45) is 0 Å². The fourth-order valence-electron chi connectivity index (χ4n) is 4.57. The summed E-state index contributed by atoms with van der Waals surface area (Å²) in [5.41, 5.74) is 3.25. The van der Waals surface area contributed by atoms with Crippen molar-refractivity contribution in [2.75, 3.05) is 13.9 Å². The van der Waals surface area contributed by atoms with Crippen molar-refractivity contribution >= 4 is 23.4 Å². The van der Waals surface area contributed by atoms with E-state index in [0.717, 1.165) is 16.7 Å². The predicted molar refractivity (Wildman–Crippen MR) is 152 cm³/mol. The fraction of sp³-hybridized carbons (Fsp3) is 0.188. The molecule has 4 aromatic rings. The molecule has 0 unspecified atom stereocenters. The van der Waals surface area contributed by atoms with Crippen LogP contribution in [0.2, 0.25) is 5.02 Å². The lowest BCUT2D eigenvalue weighted by Crippen LogP contribution is -2.43. The minimum atomic E-state index is -0.864. The normalized spacial score (nSPS) is 12.4. The number of methoxy groups -OCH3 is 1. The largest absolute Gasteiger partial charge is 0.497 e. The van der Waals surface area contributed by atoms with Crippen molar-refractivity contribution in [1.29, 1.82) is 0 Å². The molecule has 0 saturated carbocycles. The molecule has 5 rings (SSSR count). The lowest BCUT2D eigenvalue weighted by atomic mass is 10.0. The van der Waals surface area contributed by atoms with E-state index in [2.05, 4.69) is 5.32 Å². The number of nitrogens with zero attached hydrogens (tertiary/aromatic N) is 1. The minimum absolute atomic E-state index is 0.117. The summed E-state index contributed by atoms with van der Waals surface area (Å²) in [6.45, 7) is 0.672. The van der Waals surface area contributed by atoms with Gasteiger partial charge in [0, 0.05) is 18.1 Å². The van der Waals surface area contributed by atoms with Gasteiger partial charge in [0.25, 0.3) is 0 Å². The summed E-state index contributed by atoms with van der Waals surface area (Å²) in [5, 5.41) is 3.63. The molecule has 2 amide bonds. The van der Waals surface area contributed by atoms with Gasteiger partial charge in [-0.05, 0) is 58.7 Å². The van der Waals surface area contributed by atoms with Gasteiger partial charge in [0.15, 0.2) is 11.5 Å². The molecule has 0 aromatic heterocycles. The van der Waals surface area contributed by atoms with Gasteiger partial charge in [-0.3, -0.25) is 9.59 Å². The van der Waals surface area contributed by atoms with E-state index in [9.17, 15) is 9.59 Å². The summed E-state index contributed by atoms with van der Waals surface area (Å²) < 4.78 is 16.2. The maximum atomic E-state index is 13.9. The summed E-state index contributed by atoms with van der Waals surface area (Å²) in [5.74, 6) is 1.55. The Hall–Kier alpha value is -4.49. The van der Waals surface area contributed by atoms with Gasteiger partial charge < -0.3 is 24.4 Å². The monoisotopic (exact) mass is 556 g/mol. The molecule has 1 aliphatic rings. The molecule has 204 valence electrons. The third-order valence-corrected chi connectivity index (χ3v) is 6.93. The van der Waals surface area contributed by atoms with E-state index in [1.54, 1.807) is 24.1 Å². The van der Waals surface area contributed by atoms with E-state index in [-0.39, 0.29) is 38.1 Å². The number of halogens is 1. The molecule has 8 heteroatoms. The summed E-state index contributed by atoms with van der Waals surface area (Å²) in [6.07, 6.45) is 0.117. The number of fused-ring (bicyclic) bond motifs is 1. The van der Waals surface area contributed by atoms with Crippen LogP contribution in [-0.2, 0) is 29.1 Å². The Balaban J connectivity index is 1.44. The molecule has 0 radical (unpaired) electrons. The average Bonchev–Trinajstić information content (AvgIpc) is 3.46. The maximum Gasteiger partial charge on any atom is 0.247 e. The first kappa shape index (κ1) is 27.1. The number of nitrogens with one attached hydrogen (secondary N) is 1. The second-order valence-corrected chi connectivity index (χ2v) is 9.83. The molecule has 0 saturated heterocycles. The topological polar surface area (TPSA) is 77.1 Å². The number of carbonyl (C=O) groups excluding carboxylic acids is 2. The second-order valence-electron chi connectivity index (χ2n) is 9.39. The van der Waals surface area contributed by atoms with Gasteiger partial charge in [0.1, 0.15) is 11.8 Å². The Labute approximate surface area is 238 Å². The van der Waals surface area contributed by atoms with E-state index < -0.39 is 6.04 Å². The first-order valence-corrected chi connectivity index (χ1v) is 13.3. The summed E-state index contributed by atoms with van der Waals surface area (Å²) >= 11 is 6.06. The van der Waals surface area contributed by atoms with Crippen molar-refractivity contribution in [1.82, 2.24) is 10.2 Å². The van der Waals surface area contributed by atoms with E-state index in [0.29, 0.717) is 27.8 Å². The number of amides is 2. The van der Waals surface area contributed by atoms with Gasteiger partial charge >= 0.3 is 0 Å². The molecule has 0 aliphatic carbocycles. The molecule has 1 atom stereocenters. The van der Waals surface area contributed by atoms with Gasteiger partial charge in [0.2, 0.25) is 18.6 Å². The summed E-state index contributed by atoms with van der Waals surface area (Å²) in [6, 6.07) is 28.7. The number of ether oxygens (including phenoxy) is 3. The van der Waals surface area contributed by atoms with Gasteiger partial charge in [-0.2, -0.15) is 0 Å². The average molecular weight is 557 g/mol. The molecule has 40 heavy (non-hydrogen) atoms. The lowest BCUT2D eigenvalue weighted by molar-refractivity contribution is -0.141. The molecule has 1 N–H and O–H groups in total. The van der Waals surface area contributed by atoms with Crippen molar-refractivity contribution in [3.63, 3.8) is 0 Å². The lowest BCUT2D eigenvalue weighted by Gasteiger charge is -2.32. The molecule has 0 bridgehead atoms. The van der Waals surface area contributed by atoms with Gasteiger partial charge in [-0.15, -0.1) is 0 Å². The zero-order chi connectivity index (χ0) is 27.9. The fourth-order valence-corrected chi connectivity index (χ4v) is 4.70. The van der Waals surface area contributed by atoms with E-state index in [1.165, 1.54) is 0 Å². The van der Waals surface area contributed by atoms with Crippen LogP contribution >= 0.6 is 11.6 Å². The SMILES string of the molecule is COc1ccc(CN(C(=O)Cc2ccc(Cl)cc2)[C@@H](C(=O)NCc2ccc3c(c2)OCO3)c2ccccc2)cc1. The van der Waals surface area contributed by atoms with Gasteiger partial charge in [0.05, 0.1) is 13.5 Å². The smallest absolute Gasteiger partial charge is 0.247 e. The van der Waals surface area contributed by atoms with Crippen molar-refractivity contribution in [3.8, 4) is 17.2 Å². The number of hydrogen-bond donors (Lipinski definition) is 1. The van der Waals surface area contributed by atoms with Crippen molar-refractivity contribution in [3.05, 3.63) is 124 Å². The molecule has 1 heterocycles. The quantitative estimate of drug-likeness (QED) is 0.271. The second kappa shape index (κ2) is 12.6. The Morgan fingerprint density at radius 2 is 1.55 bits per heavy atom. The first-order valence-electron chi connectivity index (χ1n) is 12.9. The van der Waals surface area contributed by atoms with Crippen molar-refractivity contribution < 1.29 is 23.8 Å². The van der Waals surface area contributed by atoms with E-state index >= 15 is 0 Å². The Bertz CT molecular complexity index is 1460. The zero-order valence-corrected chi connectivity index (χ0v) is 22.8. The highest BCUT2D eigenvalue weighted by atomic mass is 35.5. The zero-order valence-electron chi connectivity index (χ0n) is 22.0. The van der Waals surface area contributed by atoms with Crippen LogP contribution in [-0.4, -0.2) is 30.6 Å². The Morgan fingerprint density at radius 1 is 0.875 bits per heavy atom. The van der Waals surface area contributed by atoms with Crippen LogP contribution in [0.5, 0.6) is 17.2 Å². The molecule has 0 fully saturated rings. The number of rotatable bonds is 10. The molecule has 1 aliphatic heterocycles. The summed E-state index contributed by atoms with van der Waals surface area (Å²) in [7, 11) is 1.60. The van der Waals surface area contributed by atoms with Crippen LogP contribution in [0.15, 0.2) is 97.1 Å².